The van der Waals surface area contributed by atoms with Crippen LogP contribution in [0.4, 0.5) is 13.2 Å². The average Bonchev–Trinajstić information content (AvgIpc) is 2.09. The number of rotatable bonds is 2. The summed E-state index contributed by atoms with van der Waals surface area (Å²) in [6.45, 7) is 4.87. The highest BCUT2D eigenvalue weighted by Crippen LogP contribution is 2.29. The van der Waals surface area contributed by atoms with E-state index in [2.05, 4.69) is 3.77 Å². The molecule has 1 aromatic rings. The number of benzene rings is 1. The molecule has 0 aliphatic heterocycles. The molecule has 0 saturated heterocycles. The van der Waals surface area contributed by atoms with Gasteiger partial charge in [0.05, 0.1) is 14.6 Å². The SMILES string of the molecule is Cc1cc(C)c(S(C)(=O)=NS(=O)(=O)C(F)(F)F)c(C)c1. The zero-order valence-corrected chi connectivity index (χ0v) is 12.9. The fourth-order valence-corrected chi connectivity index (χ4v) is 5.48. The maximum Gasteiger partial charge on any atom is 0.519 e. The van der Waals surface area contributed by atoms with Gasteiger partial charge in [0, 0.05) is 6.26 Å². The molecule has 114 valence electrons. The van der Waals surface area contributed by atoms with Crippen LogP contribution in [-0.2, 0) is 19.8 Å². The Morgan fingerprint density at radius 2 is 1.40 bits per heavy atom. The molecule has 0 heterocycles. The van der Waals surface area contributed by atoms with Crippen LogP contribution in [0.3, 0.4) is 0 Å². The van der Waals surface area contributed by atoms with Gasteiger partial charge in [-0.05, 0) is 31.9 Å². The molecule has 0 spiro atoms. The number of nitrogens with zero attached hydrogens (tertiary/aromatic N) is 1. The predicted octanol–water partition coefficient (Wildman–Crippen LogP) is 2.92. The first-order valence-corrected chi connectivity index (χ1v) is 8.77. The van der Waals surface area contributed by atoms with E-state index in [1.165, 1.54) is 0 Å². The molecule has 0 aromatic heterocycles. The molecule has 0 N–H and O–H groups in total. The highest BCUT2D eigenvalue weighted by Gasteiger charge is 2.47. The monoisotopic (exact) mass is 329 g/mol. The highest BCUT2D eigenvalue weighted by atomic mass is 32.3. The van der Waals surface area contributed by atoms with Gasteiger partial charge in [0.1, 0.15) is 0 Å². The Hall–Kier alpha value is -1.09. The summed E-state index contributed by atoms with van der Waals surface area (Å²) in [6, 6.07) is 3.22. The van der Waals surface area contributed by atoms with Gasteiger partial charge in [-0.2, -0.15) is 21.6 Å². The lowest BCUT2D eigenvalue weighted by Gasteiger charge is -2.13. The minimum absolute atomic E-state index is 0.0240. The lowest BCUT2D eigenvalue weighted by molar-refractivity contribution is -0.0434. The third-order valence-corrected chi connectivity index (χ3v) is 6.43. The molecule has 9 heteroatoms. The van der Waals surface area contributed by atoms with Gasteiger partial charge >= 0.3 is 15.5 Å². The third kappa shape index (κ3) is 3.32. The first kappa shape index (κ1) is 17.0. The summed E-state index contributed by atoms with van der Waals surface area (Å²) >= 11 is 0. The molecule has 4 nitrogen and oxygen atoms in total. The first-order valence-electron chi connectivity index (χ1n) is 5.40. The molecule has 0 aliphatic carbocycles. The Bertz CT molecular complexity index is 735. The minimum atomic E-state index is -5.80. The number of hydrogen-bond donors (Lipinski definition) is 0. The number of halogens is 3. The standard InChI is InChI=1S/C11H14F3NO3S2/c1-7-5-8(2)10(9(3)6-7)19(4,16)15-20(17,18)11(12,13)14/h5-6H,1-4H3. The van der Waals surface area contributed by atoms with Gasteiger partial charge in [0.25, 0.3) is 0 Å². The minimum Gasteiger partial charge on any atom is -0.244 e. The van der Waals surface area contributed by atoms with Crippen molar-refractivity contribution >= 4 is 19.8 Å². The van der Waals surface area contributed by atoms with Gasteiger partial charge in [-0.3, -0.25) is 0 Å². The van der Waals surface area contributed by atoms with Crippen molar-refractivity contribution in [1.82, 2.24) is 0 Å². The van der Waals surface area contributed by atoms with E-state index in [4.69, 9.17) is 0 Å². The van der Waals surface area contributed by atoms with E-state index in [1.807, 2.05) is 0 Å². The third-order valence-electron chi connectivity index (χ3n) is 2.52. The maximum atomic E-state index is 12.4. The molecule has 1 rings (SSSR count). The quantitative estimate of drug-likeness (QED) is 0.838. The molecule has 1 atom stereocenters. The predicted molar refractivity (Wildman–Crippen MR) is 70.4 cm³/mol. The fraction of sp³-hybridized carbons (Fsp3) is 0.455. The van der Waals surface area contributed by atoms with Gasteiger partial charge in [-0.1, -0.05) is 21.5 Å². The fourth-order valence-electron chi connectivity index (χ4n) is 2.03. The molecular weight excluding hydrogens is 315 g/mol. The number of alkyl halides is 3. The smallest absolute Gasteiger partial charge is 0.244 e. The Morgan fingerprint density at radius 3 is 1.75 bits per heavy atom. The Morgan fingerprint density at radius 1 is 1.00 bits per heavy atom. The number of sulfonamides is 1. The molecule has 0 aliphatic rings. The van der Waals surface area contributed by atoms with Crippen molar-refractivity contribution in [2.75, 3.05) is 6.26 Å². The summed E-state index contributed by atoms with van der Waals surface area (Å²) < 4.78 is 74.1. The maximum absolute atomic E-state index is 12.4. The van der Waals surface area contributed by atoms with Crippen LogP contribution >= 0.6 is 0 Å². The second-order valence-corrected chi connectivity index (χ2v) is 8.55. The molecule has 0 amide bonds. The van der Waals surface area contributed by atoms with E-state index in [0.717, 1.165) is 11.8 Å². The summed E-state index contributed by atoms with van der Waals surface area (Å²) in [5.41, 5.74) is -3.84. The lowest BCUT2D eigenvalue weighted by Crippen LogP contribution is -2.22. The van der Waals surface area contributed by atoms with E-state index in [1.54, 1.807) is 32.9 Å². The van der Waals surface area contributed by atoms with Gasteiger partial charge in [-0.15, -0.1) is 0 Å². The van der Waals surface area contributed by atoms with E-state index >= 15 is 0 Å². The summed E-state index contributed by atoms with van der Waals surface area (Å²) in [6.07, 6.45) is 0.890. The van der Waals surface area contributed by atoms with Crippen molar-refractivity contribution in [1.29, 1.82) is 0 Å². The molecule has 0 fully saturated rings. The zero-order chi connectivity index (χ0) is 15.9. The van der Waals surface area contributed by atoms with Crippen LogP contribution in [-0.4, -0.2) is 24.4 Å². The van der Waals surface area contributed by atoms with Gasteiger partial charge in [0.2, 0.25) is 0 Å². The summed E-state index contributed by atoms with van der Waals surface area (Å²) in [4.78, 5) is 0.0240. The number of aryl methyl sites for hydroxylation is 3. The van der Waals surface area contributed by atoms with E-state index < -0.39 is 25.3 Å². The Labute approximate surface area is 116 Å². The van der Waals surface area contributed by atoms with Crippen molar-refractivity contribution in [3.63, 3.8) is 0 Å². The van der Waals surface area contributed by atoms with Crippen LogP contribution in [0.1, 0.15) is 16.7 Å². The normalized spacial score (nSPS) is 15.8. The summed E-state index contributed by atoms with van der Waals surface area (Å²) in [5.74, 6) is 0. The Balaban J connectivity index is 3.67. The van der Waals surface area contributed by atoms with Crippen molar-refractivity contribution in [2.24, 2.45) is 3.77 Å². The van der Waals surface area contributed by atoms with E-state index in [-0.39, 0.29) is 4.90 Å². The van der Waals surface area contributed by atoms with Crippen molar-refractivity contribution in [3.05, 3.63) is 28.8 Å². The molecule has 1 aromatic carbocycles. The topological polar surface area (TPSA) is 63.6 Å². The molecule has 0 radical (unpaired) electrons. The summed E-state index contributed by atoms with van der Waals surface area (Å²) in [7, 11) is -9.51. The van der Waals surface area contributed by atoms with Crippen LogP contribution < -0.4 is 0 Å². The molecule has 1 unspecified atom stereocenters. The van der Waals surface area contributed by atoms with Crippen molar-refractivity contribution in [2.45, 2.75) is 31.2 Å². The molecular formula is C11H14F3NO3S2. The molecule has 20 heavy (non-hydrogen) atoms. The first-order chi connectivity index (χ1) is 8.78. The second-order valence-electron chi connectivity index (χ2n) is 4.53. The van der Waals surface area contributed by atoms with Crippen LogP contribution in [0.2, 0.25) is 0 Å². The average molecular weight is 329 g/mol. The molecule has 0 bridgehead atoms. The number of hydrogen-bond acceptors (Lipinski definition) is 3. The lowest BCUT2D eigenvalue weighted by atomic mass is 10.1. The van der Waals surface area contributed by atoms with Gasteiger partial charge in [0.15, 0.2) is 0 Å². The van der Waals surface area contributed by atoms with Crippen LogP contribution in [0.15, 0.2) is 20.8 Å². The van der Waals surface area contributed by atoms with Gasteiger partial charge in [-0.25, -0.2) is 4.21 Å². The van der Waals surface area contributed by atoms with Crippen molar-refractivity contribution in [3.8, 4) is 0 Å². The van der Waals surface area contributed by atoms with Gasteiger partial charge < -0.3 is 0 Å². The van der Waals surface area contributed by atoms with Crippen LogP contribution in [0.5, 0.6) is 0 Å². The van der Waals surface area contributed by atoms with Crippen molar-refractivity contribution < 1.29 is 25.8 Å². The van der Waals surface area contributed by atoms with Crippen LogP contribution in [0, 0.1) is 20.8 Å². The van der Waals surface area contributed by atoms with Crippen LogP contribution in [0.25, 0.3) is 0 Å². The zero-order valence-electron chi connectivity index (χ0n) is 11.3. The summed E-state index contributed by atoms with van der Waals surface area (Å²) in [5, 5.41) is 0. The molecule has 0 saturated carbocycles. The highest BCUT2D eigenvalue weighted by molar-refractivity contribution is 8.03. The van der Waals surface area contributed by atoms with E-state index in [0.29, 0.717) is 11.1 Å². The largest absolute Gasteiger partial charge is 0.519 e. The second kappa shape index (κ2) is 5.03. The Kier molecular flexibility index (Phi) is 4.27. The van der Waals surface area contributed by atoms with E-state index in [9.17, 15) is 25.8 Å².